The number of benzene rings is 3. The van der Waals surface area contributed by atoms with Gasteiger partial charge >= 0.3 is 7.52 Å². The second-order valence-electron chi connectivity index (χ2n) is 9.11. The molecule has 0 saturated heterocycles. The number of nitrogens with one attached hydrogen (secondary N) is 1. The third kappa shape index (κ3) is 6.79. The van der Waals surface area contributed by atoms with Gasteiger partial charge in [0.25, 0.3) is 0 Å². The van der Waals surface area contributed by atoms with Gasteiger partial charge < -0.3 is 24.3 Å². The lowest BCUT2D eigenvalue weighted by Gasteiger charge is -2.23. The first-order valence-electron chi connectivity index (χ1n) is 12.7. The molecule has 2 aromatic heterocycles. The van der Waals surface area contributed by atoms with E-state index in [1.807, 2.05) is 47.9 Å². The molecule has 2 atom stereocenters. The van der Waals surface area contributed by atoms with Crippen molar-refractivity contribution in [1.82, 2.24) is 24.6 Å². The number of nitrogen functional groups attached to an aromatic ring is 1. The van der Waals surface area contributed by atoms with Crippen molar-refractivity contribution < 1.29 is 18.6 Å². The summed E-state index contributed by atoms with van der Waals surface area (Å²) in [5.41, 5.74) is 8.14. The Morgan fingerprint density at radius 1 is 1.00 bits per heavy atom. The lowest BCUT2D eigenvalue weighted by Crippen LogP contribution is -2.25. The Hall–Kier alpha value is -3.82. The molecule has 0 amide bonds. The SMILES string of the molecule is C[C@H](Cn1cnc2c(N)ncnc21)OCP(=O)(NCCOCc1cccc2ccccc12)Oc1ccccc1. The van der Waals surface area contributed by atoms with Crippen molar-refractivity contribution in [3.05, 3.63) is 91.0 Å². The molecular weight excluding hydrogens is 515 g/mol. The number of nitrogens with two attached hydrogens (primary N) is 1. The first-order valence-corrected chi connectivity index (χ1v) is 14.5. The summed E-state index contributed by atoms with van der Waals surface area (Å²) in [6.07, 6.45) is 2.60. The minimum absolute atomic E-state index is 0.129. The lowest BCUT2D eigenvalue weighted by atomic mass is 10.1. The first kappa shape index (κ1) is 26.8. The highest BCUT2D eigenvalue weighted by atomic mass is 31.2. The normalized spacial score (nSPS) is 13.9. The third-order valence-corrected chi connectivity index (χ3v) is 7.85. The number of hydrogen-bond acceptors (Lipinski definition) is 8. The summed E-state index contributed by atoms with van der Waals surface area (Å²) < 4.78 is 33.4. The molecule has 0 bridgehead atoms. The Bertz CT molecular complexity index is 1570. The molecule has 0 radical (unpaired) electrons. The summed E-state index contributed by atoms with van der Waals surface area (Å²) in [5, 5.41) is 5.38. The summed E-state index contributed by atoms with van der Waals surface area (Å²) in [5.74, 6) is 0.814. The topological polar surface area (TPSA) is 126 Å². The van der Waals surface area contributed by atoms with Gasteiger partial charge in [0.1, 0.15) is 23.9 Å². The minimum Gasteiger partial charge on any atom is -0.431 e. The van der Waals surface area contributed by atoms with Gasteiger partial charge in [-0.05, 0) is 35.4 Å². The Balaban J connectivity index is 1.18. The molecule has 0 aliphatic carbocycles. The van der Waals surface area contributed by atoms with Crippen LogP contribution in [0.15, 0.2) is 85.5 Å². The Morgan fingerprint density at radius 2 is 1.79 bits per heavy atom. The molecule has 3 N–H and O–H groups in total. The lowest BCUT2D eigenvalue weighted by molar-refractivity contribution is 0.0815. The number of hydrogen-bond donors (Lipinski definition) is 2. The fraction of sp³-hybridized carbons (Fsp3) is 0.250. The third-order valence-electron chi connectivity index (χ3n) is 6.15. The molecule has 0 fully saturated rings. The number of rotatable bonds is 13. The Kier molecular flexibility index (Phi) is 8.48. The van der Waals surface area contributed by atoms with Gasteiger partial charge in [-0.25, -0.2) is 20.0 Å². The van der Waals surface area contributed by atoms with Crippen molar-refractivity contribution in [2.75, 3.05) is 25.2 Å². The quantitative estimate of drug-likeness (QED) is 0.155. The molecular formula is C28H31N6O4P. The number of aromatic nitrogens is 4. The zero-order chi connectivity index (χ0) is 27.1. The van der Waals surface area contributed by atoms with E-state index in [1.54, 1.807) is 18.5 Å². The van der Waals surface area contributed by atoms with Gasteiger partial charge in [-0.15, -0.1) is 0 Å². The highest BCUT2D eigenvalue weighted by Gasteiger charge is 2.26. The number of fused-ring (bicyclic) bond motifs is 2. The highest BCUT2D eigenvalue weighted by molar-refractivity contribution is 7.57. The van der Waals surface area contributed by atoms with Crippen LogP contribution in [0.4, 0.5) is 5.82 Å². The number of ether oxygens (including phenoxy) is 2. The van der Waals surface area contributed by atoms with Crippen molar-refractivity contribution in [1.29, 1.82) is 0 Å². The second kappa shape index (κ2) is 12.4. The van der Waals surface area contributed by atoms with E-state index >= 15 is 0 Å². The zero-order valence-corrected chi connectivity index (χ0v) is 22.5. The first-order chi connectivity index (χ1) is 19.0. The summed E-state index contributed by atoms with van der Waals surface area (Å²) in [7, 11) is -3.42. The van der Waals surface area contributed by atoms with Gasteiger partial charge in [-0.2, -0.15) is 0 Å². The van der Waals surface area contributed by atoms with Gasteiger partial charge in [-0.3, -0.25) is 4.57 Å². The molecule has 0 aliphatic rings. The molecule has 0 spiro atoms. The molecule has 10 nitrogen and oxygen atoms in total. The van der Waals surface area contributed by atoms with Gasteiger partial charge in [0.2, 0.25) is 0 Å². The van der Waals surface area contributed by atoms with Crippen LogP contribution in [0.2, 0.25) is 0 Å². The van der Waals surface area contributed by atoms with Crippen molar-refractivity contribution in [2.24, 2.45) is 0 Å². The molecule has 5 aromatic rings. The molecule has 0 aliphatic heterocycles. The van der Waals surface area contributed by atoms with Crippen LogP contribution in [0.5, 0.6) is 5.75 Å². The standard InChI is InChI=1S/C28H31N6O4P/c1-21(16-34-19-32-26-27(29)30-18-31-28(26)34)37-20-39(35,38-24-11-3-2-4-12-24)33-14-15-36-17-23-10-7-9-22-8-5-6-13-25(22)23/h2-13,18-19,21H,14-17,20H2,1H3,(H,33,35)(H2,29,30,31)/t21-,39?/m1/s1. The second-order valence-corrected chi connectivity index (χ2v) is 11.2. The fourth-order valence-corrected chi connectivity index (χ4v) is 5.79. The maximum Gasteiger partial charge on any atom is 0.342 e. The number of anilines is 1. The number of imidazole rings is 1. The molecule has 5 rings (SSSR count). The van der Waals surface area contributed by atoms with Gasteiger partial charge in [0.05, 0.1) is 32.2 Å². The highest BCUT2D eigenvalue weighted by Crippen LogP contribution is 2.43. The van der Waals surface area contributed by atoms with Crippen molar-refractivity contribution >= 4 is 35.3 Å². The van der Waals surface area contributed by atoms with Crippen LogP contribution in [0.3, 0.4) is 0 Å². The van der Waals surface area contributed by atoms with Gasteiger partial charge in [0, 0.05) is 6.54 Å². The van der Waals surface area contributed by atoms with E-state index in [0.717, 1.165) is 10.9 Å². The van der Waals surface area contributed by atoms with E-state index in [2.05, 4.69) is 44.3 Å². The molecule has 11 heteroatoms. The monoisotopic (exact) mass is 546 g/mol. The fourth-order valence-electron chi connectivity index (χ4n) is 4.23. The molecule has 0 saturated carbocycles. The van der Waals surface area contributed by atoms with Crippen LogP contribution >= 0.6 is 7.52 Å². The van der Waals surface area contributed by atoms with Crippen molar-refractivity contribution in [2.45, 2.75) is 26.2 Å². The minimum atomic E-state index is -3.42. The Labute approximate surface area is 226 Å². The van der Waals surface area contributed by atoms with Crippen LogP contribution in [0.1, 0.15) is 12.5 Å². The predicted octanol–water partition coefficient (Wildman–Crippen LogP) is 5.00. The van der Waals surface area contributed by atoms with Gasteiger partial charge in [0.15, 0.2) is 11.5 Å². The summed E-state index contributed by atoms with van der Waals surface area (Å²) in [6, 6.07) is 23.4. The molecule has 3 aromatic carbocycles. The van der Waals surface area contributed by atoms with Crippen molar-refractivity contribution in [3.63, 3.8) is 0 Å². The molecule has 39 heavy (non-hydrogen) atoms. The largest absolute Gasteiger partial charge is 0.431 e. The zero-order valence-electron chi connectivity index (χ0n) is 21.6. The smallest absolute Gasteiger partial charge is 0.342 e. The van der Waals surface area contributed by atoms with Crippen LogP contribution < -0.4 is 15.3 Å². The van der Waals surface area contributed by atoms with Crippen LogP contribution in [0, 0.1) is 0 Å². The van der Waals surface area contributed by atoms with E-state index in [0.29, 0.717) is 49.0 Å². The maximum absolute atomic E-state index is 13.8. The Morgan fingerprint density at radius 3 is 2.67 bits per heavy atom. The predicted molar refractivity (Wildman–Crippen MR) is 151 cm³/mol. The summed E-state index contributed by atoms with van der Waals surface area (Å²) in [4.78, 5) is 12.5. The van der Waals surface area contributed by atoms with Crippen LogP contribution in [0.25, 0.3) is 21.9 Å². The average Bonchev–Trinajstić information content (AvgIpc) is 3.36. The number of para-hydroxylation sites is 1. The number of nitrogens with zero attached hydrogens (tertiary/aromatic N) is 4. The van der Waals surface area contributed by atoms with E-state index in [-0.39, 0.29) is 12.5 Å². The van der Waals surface area contributed by atoms with E-state index in [4.69, 9.17) is 19.7 Å². The van der Waals surface area contributed by atoms with Crippen LogP contribution in [-0.2, 0) is 27.2 Å². The summed E-state index contributed by atoms with van der Waals surface area (Å²) >= 11 is 0. The van der Waals surface area contributed by atoms with Crippen LogP contribution in [-0.4, -0.2) is 45.1 Å². The van der Waals surface area contributed by atoms with Gasteiger partial charge in [-0.1, -0.05) is 60.7 Å². The molecule has 2 heterocycles. The maximum atomic E-state index is 13.8. The van der Waals surface area contributed by atoms with Crippen molar-refractivity contribution in [3.8, 4) is 5.75 Å². The van der Waals surface area contributed by atoms with E-state index in [9.17, 15) is 4.57 Å². The average molecular weight is 547 g/mol. The molecule has 1 unspecified atom stereocenters. The van der Waals surface area contributed by atoms with E-state index < -0.39 is 7.52 Å². The molecule has 202 valence electrons. The van der Waals surface area contributed by atoms with E-state index in [1.165, 1.54) is 11.7 Å². The summed E-state index contributed by atoms with van der Waals surface area (Å²) in [6.45, 7) is 3.45.